The summed E-state index contributed by atoms with van der Waals surface area (Å²) in [6.07, 6.45) is -3.24. The minimum atomic E-state index is -4.83. The van der Waals surface area contributed by atoms with Crippen molar-refractivity contribution in [3.8, 4) is 11.4 Å². The molecular weight excluding hydrogens is 597 g/mol. The van der Waals surface area contributed by atoms with Gasteiger partial charge < -0.3 is 15.4 Å². The first-order valence-corrected chi connectivity index (χ1v) is 15.1. The van der Waals surface area contributed by atoms with E-state index in [1.165, 1.54) is 16.8 Å². The predicted octanol–water partition coefficient (Wildman–Crippen LogP) is 5.84. The van der Waals surface area contributed by atoms with Gasteiger partial charge in [0.25, 0.3) is 5.91 Å². The summed E-state index contributed by atoms with van der Waals surface area (Å²) in [5.41, 5.74) is 5.08. The zero-order valence-electron chi connectivity index (χ0n) is 24.5. The van der Waals surface area contributed by atoms with E-state index in [1.807, 2.05) is 39.0 Å². The van der Waals surface area contributed by atoms with Gasteiger partial charge in [-0.05, 0) is 78.9 Å². The number of nitrogens with zero attached hydrogens (tertiary/aromatic N) is 3. The van der Waals surface area contributed by atoms with E-state index in [2.05, 4.69) is 20.5 Å². The minimum absolute atomic E-state index is 0.0542. The van der Waals surface area contributed by atoms with Crippen molar-refractivity contribution in [2.75, 3.05) is 16.5 Å². The molecule has 0 radical (unpaired) electrons. The second-order valence-corrected chi connectivity index (χ2v) is 12.4. The fourth-order valence-corrected chi connectivity index (χ4v) is 5.18. The Bertz CT molecular complexity index is 1720. The molecule has 0 aliphatic carbocycles. The Morgan fingerprint density at radius 3 is 2.30 bits per heavy atom. The lowest BCUT2D eigenvalue weighted by molar-refractivity contribution is -0.274. The number of benzene rings is 3. The SMILES string of the molecule is Cc1ccc(C(C)C)c(NCS(=O)(=O)N(N)Cc2ccc(-n3cc(NC(=O)c4ccc(OC(F)(F)F)cc4)c(C)n3)cc2)c1. The maximum Gasteiger partial charge on any atom is 0.573 e. The first kappa shape index (κ1) is 32.5. The van der Waals surface area contributed by atoms with Gasteiger partial charge in [0.05, 0.1) is 29.8 Å². The summed E-state index contributed by atoms with van der Waals surface area (Å²) in [6, 6.07) is 17.3. The van der Waals surface area contributed by atoms with E-state index in [4.69, 9.17) is 5.84 Å². The third kappa shape index (κ3) is 8.36. The van der Waals surface area contributed by atoms with Gasteiger partial charge in [0.15, 0.2) is 0 Å². The van der Waals surface area contributed by atoms with Crippen LogP contribution >= 0.6 is 0 Å². The average molecular weight is 631 g/mol. The Labute approximate surface area is 253 Å². The zero-order valence-corrected chi connectivity index (χ0v) is 25.3. The number of carbonyl (C=O) groups excluding carboxylic acids is 1. The molecule has 4 N–H and O–H groups in total. The Balaban J connectivity index is 1.37. The van der Waals surface area contributed by atoms with Gasteiger partial charge in [0.1, 0.15) is 11.6 Å². The van der Waals surface area contributed by atoms with Crippen molar-refractivity contribution in [1.29, 1.82) is 0 Å². The molecule has 44 heavy (non-hydrogen) atoms. The monoisotopic (exact) mass is 630 g/mol. The second-order valence-electron chi connectivity index (χ2n) is 10.5. The number of anilines is 2. The normalized spacial score (nSPS) is 12.0. The molecule has 234 valence electrons. The smallest absolute Gasteiger partial charge is 0.406 e. The Morgan fingerprint density at radius 1 is 1.02 bits per heavy atom. The standard InChI is InChI=1S/C30H33F3N6O4S/c1-19(2)26-14-5-20(3)15-27(26)35-18-44(41,42)39(34)16-22-6-10-24(11-7-22)38-17-28(21(4)37-38)36-29(40)23-8-12-25(13-9-23)43-30(31,32)33/h5-15,17,19,35H,16,18,34H2,1-4H3,(H,36,40). The van der Waals surface area contributed by atoms with Gasteiger partial charge in [-0.15, -0.1) is 17.6 Å². The van der Waals surface area contributed by atoms with Crippen LogP contribution in [0.5, 0.6) is 5.75 Å². The van der Waals surface area contributed by atoms with Gasteiger partial charge >= 0.3 is 6.36 Å². The molecule has 0 saturated carbocycles. The van der Waals surface area contributed by atoms with E-state index in [1.54, 1.807) is 37.4 Å². The van der Waals surface area contributed by atoms with E-state index in [9.17, 15) is 26.4 Å². The molecule has 0 aliphatic heterocycles. The second kappa shape index (κ2) is 13.1. The van der Waals surface area contributed by atoms with Crippen LogP contribution in [0.2, 0.25) is 0 Å². The van der Waals surface area contributed by atoms with Crippen molar-refractivity contribution >= 4 is 27.3 Å². The van der Waals surface area contributed by atoms with Gasteiger partial charge in [-0.25, -0.2) is 13.1 Å². The summed E-state index contributed by atoms with van der Waals surface area (Å²) in [5, 5.41) is 10.1. The molecule has 3 aromatic carbocycles. The molecule has 4 aromatic rings. The number of amides is 1. The Hall–Kier alpha value is -4.40. The van der Waals surface area contributed by atoms with E-state index < -0.39 is 28.0 Å². The van der Waals surface area contributed by atoms with Crippen molar-refractivity contribution in [2.24, 2.45) is 5.84 Å². The topological polar surface area (TPSA) is 132 Å². The Kier molecular flexibility index (Phi) is 9.66. The molecule has 4 rings (SSSR count). The fraction of sp³-hybridized carbons (Fsp3) is 0.267. The molecule has 0 saturated heterocycles. The number of halogens is 3. The fourth-order valence-electron chi connectivity index (χ4n) is 4.33. The van der Waals surface area contributed by atoms with Gasteiger partial charge in [-0.1, -0.05) is 38.1 Å². The van der Waals surface area contributed by atoms with Crippen LogP contribution in [-0.2, 0) is 16.6 Å². The summed E-state index contributed by atoms with van der Waals surface area (Å²) in [6.45, 7) is 7.64. The number of ether oxygens (including phenoxy) is 1. The number of aryl methyl sites for hydroxylation is 2. The number of alkyl halides is 3. The van der Waals surface area contributed by atoms with Crippen LogP contribution in [0.15, 0.2) is 72.9 Å². The van der Waals surface area contributed by atoms with Crippen LogP contribution in [0.1, 0.15) is 52.5 Å². The highest BCUT2D eigenvalue weighted by atomic mass is 32.2. The van der Waals surface area contributed by atoms with Crippen LogP contribution in [0.25, 0.3) is 5.69 Å². The van der Waals surface area contributed by atoms with Crippen LogP contribution in [-0.4, -0.2) is 40.8 Å². The molecule has 1 amide bonds. The number of sulfonamides is 1. The molecule has 1 heterocycles. The van der Waals surface area contributed by atoms with Crippen LogP contribution < -0.4 is 21.2 Å². The van der Waals surface area contributed by atoms with Crippen LogP contribution in [0.3, 0.4) is 0 Å². The van der Waals surface area contributed by atoms with Gasteiger partial charge in [0, 0.05) is 11.3 Å². The van der Waals surface area contributed by atoms with Crippen LogP contribution in [0, 0.1) is 13.8 Å². The third-order valence-electron chi connectivity index (χ3n) is 6.67. The molecule has 0 spiro atoms. The molecule has 0 fully saturated rings. The van der Waals surface area contributed by atoms with E-state index >= 15 is 0 Å². The molecule has 0 atom stereocenters. The van der Waals surface area contributed by atoms with Gasteiger partial charge in [-0.2, -0.15) is 5.10 Å². The first-order valence-electron chi connectivity index (χ1n) is 13.5. The largest absolute Gasteiger partial charge is 0.573 e. The van der Waals surface area contributed by atoms with Crippen LogP contribution in [0.4, 0.5) is 24.5 Å². The first-order chi connectivity index (χ1) is 20.6. The van der Waals surface area contributed by atoms with Crippen molar-refractivity contribution in [3.63, 3.8) is 0 Å². The number of nitrogens with two attached hydrogens (primary N) is 1. The summed E-state index contributed by atoms with van der Waals surface area (Å²) in [4.78, 5) is 12.6. The van der Waals surface area contributed by atoms with Crippen molar-refractivity contribution in [2.45, 2.75) is 46.5 Å². The predicted molar refractivity (Wildman–Crippen MR) is 162 cm³/mol. The lowest BCUT2D eigenvalue weighted by atomic mass is 9.99. The number of hydrogen-bond acceptors (Lipinski definition) is 7. The number of aromatic nitrogens is 2. The maximum absolute atomic E-state index is 12.9. The minimum Gasteiger partial charge on any atom is -0.406 e. The molecule has 14 heteroatoms. The lowest BCUT2D eigenvalue weighted by Gasteiger charge is -2.20. The van der Waals surface area contributed by atoms with Gasteiger partial charge in [0.2, 0.25) is 10.0 Å². The Morgan fingerprint density at radius 2 is 1.68 bits per heavy atom. The summed E-state index contributed by atoms with van der Waals surface area (Å²) >= 11 is 0. The summed E-state index contributed by atoms with van der Waals surface area (Å²) in [7, 11) is -3.84. The molecular formula is C30H33F3N6O4S. The van der Waals surface area contributed by atoms with Crippen molar-refractivity contribution < 1.29 is 31.1 Å². The van der Waals surface area contributed by atoms with Crippen molar-refractivity contribution in [3.05, 3.63) is 101 Å². The molecule has 0 bridgehead atoms. The highest BCUT2D eigenvalue weighted by Gasteiger charge is 2.31. The number of hydrogen-bond donors (Lipinski definition) is 3. The highest BCUT2D eigenvalue weighted by Crippen LogP contribution is 2.26. The summed E-state index contributed by atoms with van der Waals surface area (Å²) in [5.74, 6) is 4.84. The van der Waals surface area contributed by atoms with Gasteiger partial charge in [-0.3, -0.25) is 10.6 Å². The number of hydrazine groups is 1. The van der Waals surface area contributed by atoms with Crippen molar-refractivity contribution in [1.82, 2.24) is 14.2 Å². The molecule has 1 aromatic heterocycles. The molecule has 0 unspecified atom stereocenters. The quantitative estimate of drug-likeness (QED) is 0.140. The number of rotatable bonds is 11. The zero-order chi connectivity index (χ0) is 32.2. The number of carbonyl (C=O) groups is 1. The lowest BCUT2D eigenvalue weighted by Crippen LogP contribution is -2.40. The highest BCUT2D eigenvalue weighted by molar-refractivity contribution is 7.89. The number of nitrogens with one attached hydrogen (secondary N) is 2. The third-order valence-corrected chi connectivity index (χ3v) is 8.02. The molecule has 0 aliphatic rings. The maximum atomic E-state index is 12.9. The van der Waals surface area contributed by atoms with E-state index in [-0.39, 0.29) is 23.9 Å². The summed E-state index contributed by atoms with van der Waals surface area (Å²) < 4.78 is 69.1. The van der Waals surface area contributed by atoms with E-state index in [0.29, 0.717) is 22.6 Å². The average Bonchev–Trinajstić information content (AvgIpc) is 3.31. The molecule has 10 nitrogen and oxygen atoms in total. The van der Waals surface area contributed by atoms with E-state index in [0.717, 1.165) is 33.4 Å².